The second kappa shape index (κ2) is 7.94. The van der Waals surface area contributed by atoms with E-state index in [-0.39, 0.29) is 0 Å². The van der Waals surface area contributed by atoms with Crippen molar-refractivity contribution in [1.29, 1.82) is 0 Å². The normalized spacial score (nSPS) is 11.0. The lowest BCUT2D eigenvalue weighted by Crippen LogP contribution is -2.15. The predicted molar refractivity (Wildman–Crippen MR) is 100 cm³/mol. The summed E-state index contributed by atoms with van der Waals surface area (Å²) in [6, 6.07) is 9.96. The van der Waals surface area contributed by atoms with Gasteiger partial charge < -0.3 is 14.4 Å². The van der Waals surface area contributed by atoms with E-state index in [9.17, 15) is 0 Å². The van der Waals surface area contributed by atoms with Gasteiger partial charge >= 0.3 is 0 Å². The average molecular weight is 337 g/mol. The first-order chi connectivity index (χ1) is 12.2. The van der Waals surface area contributed by atoms with Crippen LogP contribution in [0.5, 0.6) is 11.6 Å². The first kappa shape index (κ1) is 17.2. The Morgan fingerprint density at radius 3 is 2.60 bits per heavy atom. The number of aromatic nitrogens is 2. The van der Waals surface area contributed by atoms with Crippen molar-refractivity contribution in [3.05, 3.63) is 48.9 Å². The van der Waals surface area contributed by atoms with Gasteiger partial charge in [-0.2, -0.15) is 0 Å². The van der Waals surface area contributed by atoms with Crippen LogP contribution in [0.3, 0.4) is 0 Å². The molecule has 0 saturated carbocycles. The molecule has 0 amide bonds. The summed E-state index contributed by atoms with van der Waals surface area (Å²) in [6.07, 6.45) is 6.37. The highest BCUT2D eigenvalue weighted by Crippen LogP contribution is 2.38. The van der Waals surface area contributed by atoms with Gasteiger partial charge in [0.05, 0.1) is 19.1 Å². The van der Waals surface area contributed by atoms with Gasteiger partial charge in [-0.1, -0.05) is 12.1 Å². The Labute approximate surface area is 148 Å². The van der Waals surface area contributed by atoms with Crippen LogP contribution in [0.25, 0.3) is 21.9 Å². The van der Waals surface area contributed by atoms with Gasteiger partial charge in [0.15, 0.2) is 0 Å². The van der Waals surface area contributed by atoms with Crippen molar-refractivity contribution in [2.24, 2.45) is 0 Å². The number of ether oxygens (including phenoxy) is 2. The topological polar surface area (TPSA) is 47.5 Å². The molecule has 0 unspecified atom stereocenters. The molecule has 0 spiro atoms. The number of fused-ring (bicyclic) bond motifs is 1. The standard InChI is InChI=1S/C20H23N3O2/c1-23(2)12-5-13-25-20-19-16(6-4-7-18(19)24-3)17(14-22-20)15-8-10-21-11-9-15/h4,6-11,14H,5,12-13H2,1-3H3. The van der Waals surface area contributed by atoms with Crippen molar-refractivity contribution >= 4 is 10.8 Å². The highest BCUT2D eigenvalue weighted by Gasteiger charge is 2.14. The average Bonchev–Trinajstić information content (AvgIpc) is 2.65. The van der Waals surface area contributed by atoms with Crippen LogP contribution >= 0.6 is 0 Å². The van der Waals surface area contributed by atoms with Gasteiger partial charge in [0, 0.05) is 36.1 Å². The van der Waals surface area contributed by atoms with Gasteiger partial charge in [-0.3, -0.25) is 4.98 Å². The lowest BCUT2D eigenvalue weighted by molar-refractivity contribution is 0.275. The molecular formula is C20H23N3O2. The molecule has 0 radical (unpaired) electrons. The molecule has 3 aromatic rings. The minimum absolute atomic E-state index is 0.615. The van der Waals surface area contributed by atoms with Gasteiger partial charge in [-0.05, 0) is 44.3 Å². The second-order valence-corrected chi connectivity index (χ2v) is 6.10. The lowest BCUT2D eigenvalue weighted by atomic mass is 10.0. The molecule has 2 heterocycles. The molecule has 0 atom stereocenters. The molecule has 130 valence electrons. The number of nitrogens with zero attached hydrogens (tertiary/aromatic N) is 3. The van der Waals surface area contributed by atoms with Crippen molar-refractivity contribution in [3.63, 3.8) is 0 Å². The van der Waals surface area contributed by atoms with E-state index in [2.05, 4.69) is 35.0 Å². The number of methoxy groups -OCH3 is 1. The van der Waals surface area contributed by atoms with Gasteiger partial charge in [0.1, 0.15) is 5.75 Å². The smallest absolute Gasteiger partial charge is 0.225 e. The summed E-state index contributed by atoms with van der Waals surface area (Å²) in [4.78, 5) is 10.8. The van der Waals surface area contributed by atoms with Gasteiger partial charge in [0.2, 0.25) is 5.88 Å². The molecule has 0 N–H and O–H groups in total. The van der Waals surface area contributed by atoms with Crippen molar-refractivity contribution < 1.29 is 9.47 Å². The third kappa shape index (κ3) is 3.88. The zero-order chi connectivity index (χ0) is 17.6. The third-order valence-electron chi connectivity index (χ3n) is 4.04. The van der Waals surface area contributed by atoms with E-state index in [4.69, 9.17) is 9.47 Å². The summed E-state index contributed by atoms with van der Waals surface area (Å²) < 4.78 is 11.5. The SMILES string of the molecule is COc1cccc2c(-c3ccncc3)cnc(OCCCN(C)C)c12. The fourth-order valence-corrected chi connectivity index (χ4v) is 2.82. The largest absolute Gasteiger partial charge is 0.496 e. The molecule has 0 aliphatic rings. The molecule has 5 heteroatoms. The molecule has 0 aliphatic heterocycles. The van der Waals surface area contributed by atoms with E-state index in [0.29, 0.717) is 12.5 Å². The Morgan fingerprint density at radius 2 is 1.88 bits per heavy atom. The van der Waals surface area contributed by atoms with Crippen LogP contribution in [-0.4, -0.2) is 49.2 Å². The molecule has 1 aromatic carbocycles. The zero-order valence-corrected chi connectivity index (χ0v) is 14.9. The van der Waals surface area contributed by atoms with E-state index >= 15 is 0 Å². The highest BCUT2D eigenvalue weighted by molar-refractivity contribution is 6.02. The van der Waals surface area contributed by atoms with Crippen molar-refractivity contribution in [1.82, 2.24) is 14.9 Å². The summed E-state index contributed by atoms with van der Waals surface area (Å²) in [5.41, 5.74) is 2.11. The number of hydrogen-bond donors (Lipinski definition) is 0. The second-order valence-electron chi connectivity index (χ2n) is 6.10. The summed E-state index contributed by atoms with van der Waals surface area (Å²) >= 11 is 0. The minimum atomic E-state index is 0.615. The molecule has 3 rings (SSSR count). The first-order valence-corrected chi connectivity index (χ1v) is 8.34. The zero-order valence-electron chi connectivity index (χ0n) is 14.9. The minimum Gasteiger partial charge on any atom is -0.496 e. The lowest BCUT2D eigenvalue weighted by Gasteiger charge is -2.15. The third-order valence-corrected chi connectivity index (χ3v) is 4.04. The summed E-state index contributed by atoms with van der Waals surface area (Å²) in [7, 11) is 5.78. The van der Waals surface area contributed by atoms with Crippen LogP contribution < -0.4 is 9.47 Å². The van der Waals surface area contributed by atoms with Gasteiger partial charge in [-0.15, -0.1) is 0 Å². The van der Waals surface area contributed by atoms with Crippen LogP contribution in [0, 0.1) is 0 Å². The number of rotatable bonds is 7. The first-order valence-electron chi connectivity index (χ1n) is 8.34. The van der Waals surface area contributed by atoms with Crippen LogP contribution in [0.15, 0.2) is 48.9 Å². The predicted octanol–water partition coefficient (Wildman–Crippen LogP) is 3.64. The Morgan fingerprint density at radius 1 is 1.08 bits per heavy atom. The monoisotopic (exact) mass is 337 g/mol. The van der Waals surface area contributed by atoms with Crippen LogP contribution in [-0.2, 0) is 0 Å². The summed E-state index contributed by atoms with van der Waals surface area (Å²) in [5.74, 6) is 1.38. The van der Waals surface area contributed by atoms with Crippen molar-refractivity contribution in [3.8, 4) is 22.8 Å². The van der Waals surface area contributed by atoms with E-state index in [0.717, 1.165) is 40.6 Å². The molecule has 25 heavy (non-hydrogen) atoms. The van der Waals surface area contributed by atoms with Gasteiger partial charge in [-0.25, -0.2) is 4.98 Å². The van der Waals surface area contributed by atoms with E-state index < -0.39 is 0 Å². The number of benzene rings is 1. The van der Waals surface area contributed by atoms with Crippen LogP contribution in [0.2, 0.25) is 0 Å². The van der Waals surface area contributed by atoms with Crippen molar-refractivity contribution in [2.45, 2.75) is 6.42 Å². The van der Waals surface area contributed by atoms with Crippen LogP contribution in [0.4, 0.5) is 0 Å². The number of pyridine rings is 2. The van der Waals surface area contributed by atoms with Gasteiger partial charge in [0.25, 0.3) is 0 Å². The van der Waals surface area contributed by atoms with E-state index in [1.807, 2.05) is 30.5 Å². The Kier molecular flexibility index (Phi) is 5.46. The maximum absolute atomic E-state index is 5.97. The fourth-order valence-electron chi connectivity index (χ4n) is 2.82. The Hall–Kier alpha value is -2.66. The Balaban J connectivity index is 2.01. The molecular weight excluding hydrogens is 314 g/mol. The number of hydrogen-bond acceptors (Lipinski definition) is 5. The molecule has 5 nitrogen and oxygen atoms in total. The summed E-state index contributed by atoms with van der Waals surface area (Å²) in [6.45, 7) is 1.59. The maximum atomic E-state index is 5.97. The molecule has 2 aromatic heterocycles. The quantitative estimate of drug-likeness (QED) is 0.616. The Bertz CT molecular complexity index is 835. The highest BCUT2D eigenvalue weighted by atomic mass is 16.5. The maximum Gasteiger partial charge on any atom is 0.225 e. The molecule has 0 saturated heterocycles. The van der Waals surface area contributed by atoms with Crippen LogP contribution in [0.1, 0.15) is 6.42 Å². The van der Waals surface area contributed by atoms with E-state index in [1.165, 1.54) is 0 Å². The summed E-state index contributed by atoms with van der Waals surface area (Å²) in [5, 5.41) is 1.97. The molecule has 0 fully saturated rings. The van der Waals surface area contributed by atoms with Crippen molar-refractivity contribution in [2.75, 3.05) is 34.4 Å². The molecule has 0 aliphatic carbocycles. The van der Waals surface area contributed by atoms with E-state index in [1.54, 1.807) is 19.5 Å². The molecule has 0 bridgehead atoms. The fraction of sp³-hybridized carbons (Fsp3) is 0.300.